The summed E-state index contributed by atoms with van der Waals surface area (Å²) in [6.45, 7) is 2.05. The quantitative estimate of drug-likeness (QED) is 0.679. The Labute approximate surface area is 108 Å². The maximum absolute atomic E-state index is 11.7. The summed E-state index contributed by atoms with van der Waals surface area (Å²) in [5.41, 5.74) is 10.9. The first-order valence-electron chi connectivity index (χ1n) is 5.41. The Kier molecular flexibility index (Phi) is 3.72. The topological polar surface area (TPSA) is 80.3 Å². The molecule has 0 saturated carbocycles. The smallest absolute Gasteiger partial charge is 0.258 e. The zero-order valence-electron chi connectivity index (χ0n) is 9.75. The van der Waals surface area contributed by atoms with Gasteiger partial charge >= 0.3 is 5.91 Å². The van der Waals surface area contributed by atoms with Gasteiger partial charge in [-0.05, 0) is 12.0 Å². The Hall–Kier alpha value is -2.17. The summed E-state index contributed by atoms with van der Waals surface area (Å²) in [4.78, 5) is 19.1. The molecule has 1 heterocycles. The first kappa shape index (κ1) is 12.3. The molecular formula is C12H11N4OS+. The van der Waals surface area contributed by atoms with Crippen LogP contribution >= 0.6 is 11.3 Å². The first-order chi connectivity index (χ1) is 8.77. The number of carbonyl (C=O) groups excluding carboxylic acids is 1. The van der Waals surface area contributed by atoms with Crippen molar-refractivity contribution in [2.24, 2.45) is 5.11 Å². The van der Waals surface area contributed by atoms with E-state index in [1.807, 2.05) is 24.3 Å². The minimum absolute atomic E-state index is 0.423. The molecule has 1 amide bonds. The Morgan fingerprint density at radius 1 is 1.50 bits per heavy atom. The van der Waals surface area contributed by atoms with Gasteiger partial charge < -0.3 is 0 Å². The molecule has 0 saturated heterocycles. The van der Waals surface area contributed by atoms with E-state index in [1.54, 1.807) is 5.51 Å². The van der Waals surface area contributed by atoms with E-state index in [9.17, 15) is 4.79 Å². The molecule has 0 fully saturated rings. The lowest BCUT2D eigenvalue weighted by Crippen LogP contribution is -1.96. The number of rotatable bonds is 3. The SMILES string of the molecule is CCc1ccccc1-c1ncsc1C(=O)N=[N+]=N. The van der Waals surface area contributed by atoms with Crippen LogP contribution in [0.4, 0.5) is 0 Å². The van der Waals surface area contributed by atoms with Crippen molar-refractivity contribution in [2.45, 2.75) is 13.3 Å². The highest BCUT2D eigenvalue weighted by atomic mass is 32.1. The lowest BCUT2D eigenvalue weighted by atomic mass is 10.0. The van der Waals surface area contributed by atoms with Gasteiger partial charge in [-0.15, -0.1) is 11.3 Å². The van der Waals surface area contributed by atoms with Crippen LogP contribution in [0.15, 0.2) is 34.9 Å². The Morgan fingerprint density at radius 3 is 3.00 bits per heavy atom. The van der Waals surface area contributed by atoms with Crippen LogP contribution in [0.1, 0.15) is 22.2 Å². The minimum Gasteiger partial charge on any atom is -0.258 e. The molecule has 1 aromatic heterocycles. The summed E-state index contributed by atoms with van der Waals surface area (Å²) in [6.07, 6.45) is 0.862. The van der Waals surface area contributed by atoms with Crippen molar-refractivity contribution in [3.8, 4) is 11.3 Å². The maximum atomic E-state index is 11.7. The van der Waals surface area contributed by atoms with Crippen LogP contribution in [0.5, 0.6) is 0 Å². The van der Waals surface area contributed by atoms with Gasteiger partial charge in [0.1, 0.15) is 10.4 Å². The highest BCUT2D eigenvalue weighted by molar-refractivity contribution is 7.12. The van der Waals surface area contributed by atoms with Crippen LogP contribution in [-0.4, -0.2) is 10.9 Å². The van der Waals surface area contributed by atoms with Crippen LogP contribution in [0, 0.1) is 5.53 Å². The molecule has 1 N–H and O–H groups in total. The second-order valence-corrected chi connectivity index (χ2v) is 4.40. The predicted molar refractivity (Wildman–Crippen MR) is 68.5 cm³/mol. The molecule has 2 rings (SSSR count). The van der Waals surface area contributed by atoms with Gasteiger partial charge in [0.2, 0.25) is 10.0 Å². The van der Waals surface area contributed by atoms with Crippen LogP contribution in [0.25, 0.3) is 11.3 Å². The monoisotopic (exact) mass is 259 g/mol. The molecule has 0 bridgehead atoms. The highest BCUT2D eigenvalue weighted by Crippen LogP contribution is 2.29. The molecule has 0 aliphatic carbocycles. The van der Waals surface area contributed by atoms with Crippen molar-refractivity contribution in [2.75, 3.05) is 0 Å². The lowest BCUT2D eigenvalue weighted by molar-refractivity contribution is 0.0996. The second-order valence-electron chi connectivity index (χ2n) is 3.55. The van der Waals surface area contributed by atoms with Crippen molar-refractivity contribution in [1.29, 1.82) is 5.53 Å². The van der Waals surface area contributed by atoms with Crippen LogP contribution in [-0.2, 0) is 6.42 Å². The number of nitrogens with zero attached hydrogens (tertiary/aromatic N) is 3. The van der Waals surface area contributed by atoms with Crippen LogP contribution in [0.2, 0.25) is 0 Å². The molecule has 0 radical (unpaired) electrons. The zero-order valence-corrected chi connectivity index (χ0v) is 10.6. The molecule has 90 valence electrons. The molecule has 0 unspecified atom stereocenters. The molecule has 2 aromatic rings. The average molecular weight is 259 g/mol. The number of benzene rings is 1. The molecule has 0 aliphatic heterocycles. The summed E-state index contributed by atoms with van der Waals surface area (Å²) in [5, 5.41) is 3.23. The number of thiazole rings is 1. The molecule has 0 aliphatic rings. The Balaban J connectivity index is 2.55. The molecule has 5 nitrogen and oxygen atoms in total. The third-order valence-electron chi connectivity index (χ3n) is 2.56. The van der Waals surface area contributed by atoms with Crippen LogP contribution in [0.3, 0.4) is 0 Å². The van der Waals surface area contributed by atoms with Crippen molar-refractivity contribution in [3.05, 3.63) is 40.2 Å². The first-order valence-corrected chi connectivity index (χ1v) is 6.29. The van der Waals surface area contributed by atoms with Gasteiger partial charge in [0.05, 0.1) is 11.2 Å². The molecular weight excluding hydrogens is 248 g/mol. The van der Waals surface area contributed by atoms with E-state index in [-0.39, 0.29) is 0 Å². The number of carbonyl (C=O) groups is 1. The second kappa shape index (κ2) is 5.44. The molecule has 18 heavy (non-hydrogen) atoms. The van der Waals surface area contributed by atoms with Crippen molar-refractivity contribution in [3.63, 3.8) is 0 Å². The van der Waals surface area contributed by atoms with Gasteiger partial charge in [-0.3, -0.25) is 4.79 Å². The molecule has 1 aromatic carbocycles. The number of hydrogen-bond acceptors (Lipinski definition) is 4. The Bertz CT molecular complexity index is 629. The van der Waals surface area contributed by atoms with Gasteiger partial charge in [-0.1, -0.05) is 31.2 Å². The summed E-state index contributed by atoms with van der Waals surface area (Å²) in [7, 11) is 0. The van der Waals surface area contributed by atoms with Gasteiger partial charge in [-0.2, -0.15) is 0 Å². The maximum Gasteiger partial charge on any atom is 0.372 e. The van der Waals surface area contributed by atoms with E-state index in [4.69, 9.17) is 5.53 Å². The fraction of sp³-hybridized carbons (Fsp3) is 0.167. The van der Waals surface area contributed by atoms with E-state index in [1.165, 1.54) is 11.3 Å². The van der Waals surface area contributed by atoms with E-state index in [0.29, 0.717) is 10.6 Å². The fourth-order valence-corrected chi connectivity index (χ4v) is 2.42. The van der Waals surface area contributed by atoms with Crippen molar-refractivity contribution >= 4 is 17.2 Å². The Morgan fingerprint density at radius 2 is 2.28 bits per heavy atom. The van der Waals surface area contributed by atoms with E-state index in [0.717, 1.165) is 17.5 Å². The van der Waals surface area contributed by atoms with E-state index in [2.05, 4.69) is 21.9 Å². The summed E-state index contributed by atoms with van der Waals surface area (Å²) < 4.78 is 0. The largest absolute Gasteiger partial charge is 0.372 e. The minimum atomic E-state index is -0.520. The standard InChI is InChI=1S/C12H11N4OS/c1-2-8-5-3-4-6-9(8)10-11(18-7-14-10)12(17)15-16-13/h3-7,13H,2H2,1H3/q+1. The van der Waals surface area contributed by atoms with Crippen molar-refractivity contribution < 1.29 is 4.79 Å². The molecule has 0 spiro atoms. The normalized spacial score (nSPS) is 9.83. The average Bonchev–Trinajstić information content (AvgIpc) is 2.88. The number of aromatic nitrogens is 1. The van der Waals surface area contributed by atoms with Gasteiger partial charge in [0.25, 0.3) is 0 Å². The fourth-order valence-electron chi connectivity index (χ4n) is 1.74. The van der Waals surface area contributed by atoms with Gasteiger partial charge in [-0.25, -0.2) is 4.98 Å². The number of hydrogen-bond donors (Lipinski definition) is 1. The van der Waals surface area contributed by atoms with Crippen molar-refractivity contribution in [1.82, 2.24) is 9.90 Å². The third kappa shape index (κ3) is 2.25. The molecule has 6 heteroatoms. The van der Waals surface area contributed by atoms with Gasteiger partial charge in [0.15, 0.2) is 0 Å². The van der Waals surface area contributed by atoms with E-state index < -0.39 is 5.91 Å². The summed E-state index contributed by atoms with van der Waals surface area (Å²) in [5.74, 6) is -0.520. The summed E-state index contributed by atoms with van der Waals surface area (Å²) in [6, 6.07) is 7.81. The number of amides is 1. The highest BCUT2D eigenvalue weighted by Gasteiger charge is 2.20. The molecule has 0 atom stereocenters. The van der Waals surface area contributed by atoms with Crippen LogP contribution < -0.4 is 4.91 Å². The van der Waals surface area contributed by atoms with E-state index >= 15 is 0 Å². The third-order valence-corrected chi connectivity index (χ3v) is 3.37. The predicted octanol–water partition coefficient (Wildman–Crippen LogP) is 3.06. The zero-order chi connectivity index (χ0) is 13.0. The number of nitrogens with one attached hydrogen (secondary N) is 1. The number of aryl methyl sites for hydroxylation is 1. The van der Waals surface area contributed by atoms with Gasteiger partial charge in [0, 0.05) is 5.56 Å². The summed E-state index contributed by atoms with van der Waals surface area (Å²) >= 11 is 1.21. The lowest BCUT2D eigenvalue weighted by Gasteiger charge is -2.05.